The molecular weight excluding hydrogens is 400 g/mol. The Balaban J connectivity index is 1.62. The van der Waals surface area contributed by atoms with Gasteiger partial charge in [-0.1, -0.05) is 23.5 Å². The van der Waals surface area contributed by atoms with Crippen molar-refractivity contribution in [3.8, 4) is 5.75 Å². The van der Waals surface area contributed by atoms with Crippen LogP contribution in [0.5, 0.6) is 5.75 Å². The van der Waals surface area contributed by atoms with Crippen molar-refractivity contribution in [2.75, 3.05) is 5.32 Å². The van der Waals surface area contributed by atoms with Crippen LogP contribution in [0, 0.1) is 13.8 Å². The fourth-order valence-electron chi connectivity index (χ4n) is 2.83. The van der Waals surface area contributed by atoms with Crippen LogP contribution in [-0.4, -0.2) is 28.1 Å². The van der Waals surface area contributed by atoms with Crippen LogP contribution in [0.3, 0.4) is 0 Å². The van der Waals surface area contributed by atoms with Crippen LogP contribution >= 0.6 is 11.3 Å². The largest absolute Gasteiger partial charge is 0.486 e. The zero-order valence-electron chi connectivity index (χ0n) is 17.4. The zero-order valence-corrected chi connectivity index (χ0v) is 18.2. The summed E-state index contributed by atoms with van der Waals surface area (Å²) in [6.07, 6.45) is 0. The first-order valence-electron chi connectivity index (χ1n) is 9.56. The summed E-state index contributed by atoms with van der Waals surface area (Å²) in [6.45, 7) is 8.03. The molecule has 2 N–H and O–H groups in total. The van der Waals surface area contributed by atoms with E-state index in [0.717, 1.165) is 16.9 Å². The van der Waals surface area contributed by atoms with Crippen LogP contribution in [0.1, 0.15) is 50.1 Å². The third-order valence-corrected chi connectivity index (χ3v) is 4.92. The van der Waals surface area contributed by atoms with Crippen molar-refractivity contribution in [3.05, 3.63) is 69.2 Å². The van der Waals surface area contributed by atoms with E-state index >= 15 is 0 Å². The summed E-state index contributed by atoms with van der Waals surface area (Å²) in [5.41, 5.74) is 3.22. The van der Waals surface area contributed by atoms with Gasteiger partial charge in [0, 0.05) is 17.3 Å². The number of amides is 2. The molecule has 0 aliphatic rings. The topological polar surface area (TPSA) is 93.2 Å². The van der Waals surface area contributed by atoms with Crippen LogP contribution < -0.4 is 15.4 Å². The lowest BCUT2D eigenvalue weighted by Crippen LogP contribution is -2.30. The minimum absolute atomic E-state index is 0.0292. The fourth-order valence-corrected chi connectivity index (χ4v) is 3.48. The number of ether oxygens (including phenoxy) is 1. The van der Waals surface area contributed by atoms with Gasteiger partial charge >= 0.3 is 0 Å². The Morgan fingerprint density at radius 3 is 2.47 bits per heavy atom. The lowest BCUT2D eigenvalue weighted by Gasteiger charge is -2.09. The Morgan fingerprint density at radius 2 is 1.77 bits per heavy atom. The van der Waals surface area contributed by atoms with E-state index in [1.54, 1.807) is 24.3 Å². The van der Waals surface area contributed by atoms with Gasteiger partial charge < -0.3 is 15.4 Å². The summed E-state index contributed by atoms with van der Waals surface area (Å²) in [5, 5.41) is 14.4. The normalized spacial score (nSPS) is 10.7. The summed E-state index contributed by atoms with van der Waals surface area (Å²) in [6, 6.07) is 12.8. The second-order valence-electron chi connectivity index (χ2n) is 7.28. The Bertz CT molecular complexity index is 1040. The van der Waals surface area contributed by atoms with Crippen LogP contribution in [0.2, 0.25) is 0 Å². The number of benzene rings is 2. The van der Waals surface area contributed by atoms with Crippen molar-refractivity contribution in [3.63, 3.8) is 0 Å². The van der Waals surface area contributed by atoms with E-state index in [0.29, 0.717) is 16.3 Å². The molecule has 0 aliphatic carbocycles. The minimum atomic E-state index is -0.383. The Morgan fingerprint density at radius 1 is 1.03 bits per heavy atom. The van der Waals surface area contributed by atoms with Crippen LogP contribution in [0.4, 0.5) is 5.69 Å². The third-order valence-electron chi connectivity index (χ3n) is 4.02. The molecule has 2 amide bonds. The number of hydrogen-bond donors (Lipinski definition) is 2. The molecule has 2 aromatic carbocycles. The van der Waals surface area contributed by atoms with Gasteiger partial charge in [-0.05, 0) is 69.2 Å². The molecule has 8 heteroatoms. The molecule has 0 atom stereocenters. The van der Waals surface area contributed by atoms with Gasteiger partial charge in [-0.2, -0.15) is 0 Å². The first-order valence-corrected chi connectivity index (χ1v) is 10.4. The van der Waals surface area contributed by atoms with Gasteiger partial charge in [-0.25, -0.2) is 0 Å². The maximum absolute atomic E-state index is 12.5. The molecule has 1 heterocycles. The molecule has 0 spiro atoms. The molecule has 0 bridgehead atoms. The number of nitrogens with one attached hydrogen (secondary N) is 2. The first kappa shape index (κ1) is 21.4. The fraction of sp³-hybridized carbons (Fsp3) is 0.273. The van der Waals surface area contributed by atoms with Gasteiger partial charge in [0.25, 0.3) is 11.8 Å². The lowest BCUT2D eigenvalue weighted by molar-refractivity contribution is 0.0941. The van der Waals surface area contributed by atoms with Crippen LogP contribution in [-0.2, 0) is 6.61 Å². The van der Waals surface area contributed by atoms with Crippen molar-refractivity contribution in [2.45, 2.75) is 40.3 Å². The molecule has 0 radical (unpaired) electrons. The Labute approximate surface area is 179 Å². The van der Waals surface area contributed by atoms with Gasteiger partial charge in [0.15, 0.2) is 5.01 Å². The average Bonchev–Trinajstić information content (AvgIpc) is 3.14. The van der Waals surface area contributed by atoms with Crippen molar-refractivity contribution in [2.24, 2.45) is 0 Å². The second kappa shape index (κ2) is 9.49. The molecule has 7 nitrogen and oxygen atoms in total. The first-order chi connectivity index (χ1) is 14.3. The van der Waals surface area contributed by atoms with Crippen LogP contribution in [0.25, 0.3) is 0 Å². The number of rotatable bonds is 7. The number of carbonyl (C=O) groups is 2. The van der Waals surface area contributed by atoms with E-state index < -0.39 is 0 Å². The third kappa shape index (κ3) is 5.87. The van der Waals surface area contributed by atoms with Gasteiger partial charge in [-0.3, -0.25) is 9.59 Å². The highest BCUT2D eigenvalue weighted by Crippen LogP contribution is 2.20. The predicted octanol–water partition coefficient (Wildman–Crippen LogP) is 4.12. The highest BCUT2D eigenvalue weighted by atomic mass is 32.1. The second-order valence-corrected chi connectivity index (χ2v) is 8.34. The molecule has 3 rings (SSSR count). The average molecular weight is 425 g/mol. The molecule has 30 heavy (non-hydrogen) atoms. The molecular formula is C22H24N4O3S. The van der Waals surface area contributed by atoms with Gasteiger partial charge in [0.1, 0.15) is 12.4 Å². The summed E-state index contributed by atoms with van der Waals surface area (Å²) in [7, 11) is 0. The number of anilines is 1. The molecule has 0 fully saturated rings. The van der Waals surface area contributed by atoms with Crippen molar-refractivity contribution in [1.29, 1.82) is 0 Å². The quantitative estimate of drug-likeness (QED) is 0.595. The Hall–Kier alpha value is -3.26. The summed E-state index contributed by atoms with van der Waals surface area (Å²) in [5.74, 6) is 0.180. The molecule has 0 aliphatic heterocycles. The van der Waals surface area contributed by atoms with E-state index in [1.165, 1.54) is 11.3 Å². The van der Waals surface area contributed by atoms with E-state index in [2.05, 4.69) is 26.9 Å². The smallest absolute Gasteiger partial charge is 0.286 e. The molecule has 0 unspecified atom stereocenters. The minimum Gasteiger partial charge on any atom is -0.486 e. The van der Waals surface area contributed by atoms with Gasteiger partial charge in [-0.15, -0.1) is 10.2 Å². The zero-order chi connectivity index (χ0) is 21.7. The highest BCUT2D eigenvalue weighted by molar-refractivity contribution is 7.13. The van der Waals surface area contributed by atoms with E-state index in [-0.39, 0.29) is 29.5 Å². The molecule has 0 saturated carbocycles. The van der Waals surface area contributed by atoms with Crippen molar-refractivity contribution in [1.82, 2.24) is 15.5 Å². The van der Waals surface area contributed by atoms with E-state index in [1.807, 2.05) is 39.8 Å². The SMILES string of the molecule is Cc1cc(C)cc(OCc2nnc(C(=O)Nc3cccc(C(=O)NC(C)C)c3)s2)c1. The number of hydrogen-bond acceptors (Lipinski definition) is 6. The number of nitrogens with zero attached hydrogens (tertiary/aromatic N) is 2. The number of aryl methyl sites for hydroxylation is 2. The highest BCUT2D eigenvalue weighted by Gasteiger charge is 2.15. The van der Waals surface area contributed by atoms with E-state index in [9.17, 15) is 9.59 Å². The maximum Gasteiger partial charge on any atom is 0.286 e. The number of aromatic nitrogens is 2. The predicted molar refractivity (Wildman–Crippen MR) is 117 cm³/mol. The summed E-state index contributed by atoms with van der Waals surface area (Å²) in [4.78, 5) is 24.6. The van der Waals surface area contributed by atoms with Crippen molar-refractivity contribution >= 4 is 28.8 Å². The lowest BCUT2D eigenvalue weighted by atomic mass is 10.1. The summed E-state index contributed by atoms with van der Waals surface area (Å²) >= 11 is 1.17. The van der Waals surface area contributed by atoms with Gasteiger partial charge in [0.2, 0.25) is 5.01 Å². The van der Waals surface area contributed by atoms with Crippen molar-refractivity contribution < 1.29 is 14.3 Å². The molecule has 3 aromatic rings. The summed E-state index contributed by atoms with van der Waals surface area (Å²) < 4.78 is 5.77. The maximum atomic E-state index is 12.5. The van der Waals surface area contributed by atoms with E-state index in [4.69, 9.17) is 4.74 Å². The van der Waals surface area contributed by atoms with Crippen LogP contribution in [0.15, 0.2) is 42.5 Å². The monoisotopic (exact) mass is 424 g/mol. The molecule has 156 valence electrons. The molecule has 1 aromatic heterocycles. The Kier molecular flexibility index (Phi) is 6.79. The number of carbonyl (C=O) groups excluding carboxylic acids is 2. The molecule has 0 saturated heterocycles. The standard InChI is InChI=1S/C22H24N4O3S/c1-13(2)23-20(27)16-6-5-7-17(11-16)24-21(28)22-26-25-19(30-22)12-29-18-9-14(3)8-15(4)10-18/h5-11,13H,12H2,1-4H3,(H,23,27)(H,24,28). The van der Waals surface area contributed by atoms with Gasteiger partial charge in [0.05, 0.1) is 0 Å².